The fourth-order valence-electron chi connectivity index (χ4n) is 7.92. The van der Waals surface area contributed by atoms with Crippen molar-refractivity contribution in [1.82, 2.24) is 5.06 Å². The van der Waals surface area contributed by atoms with Crippen LogP contribution in [0.5, 0.6) is 17.2 Å². The van der Waals surface area contributed by atoms with Crippen molar-refractivity contribution in [3.63, 3.8) is 0 Å². The van der Waals surface area contributed by atoms with Gasteiger partial charge in [0.05, 0.1) is 71.8 Å². The quantitative estimate of drug-likeness (QED) is 0.106. The molecule has 2 aromatic rings. The lowest BCUT2D eigenvalue weighted by molar-refractivity contribution is -0.251. The van der Waals surface area contributed by atoms with Gasteiger partial charge in [-0.1, -0.05) is 17.2 Å². The van der Waals surface area contributed by atoms with Crippen LogP contribution in [0, 0.1) is 5.92 Å². The maximum absolute atomic E-state index is 13.9. The molecule has 284 valence electrons. The average molecular weight is 730 g/mol. The first kappa shape index (κ1) is 39.3. The highest BCUT2D eigenvalue weighted by molar-refractivity contribution is 6.31. The summed E-state index contributed by atoms with van der Waals surface area (Å²) in [4.78, 5) is 54.8. The van der Waals surface area contributed by atoms with Crippen LogP contribution in [-0.2, 0) is 30.2 Å². The zero-order chi connectivity index (χ0) is 38.7. The molecule has 0 aromatic heterocycles. The van der Waals surface area contributed by atoms with Crippen LogP contribution < -0.4 is 10.5 Å². The Labute approximate surface area is 301 Å². The molecular weight excluding hydrogens is 680 g/mol. The van der Waals surface area contributed by atoms with Gasteiger partial charge in [0.15, 0.2) is 12.4 Å². The molecule has 5 atom stereocenters. The van der Waals surface area contributed by atoms with Gasteiger partial charge >= 0.3 is 5.97 Å². The molecule has 2 aliphatic carbocycles. The van der Waals surface area contributed by atoms with Gasteiger partial charge in [-0.2, -0.15) is 0 Å². The van der Waals surface area contributed by atoms with E-state index in [0.29, 0.717) is 12.8 Å². The van der Waals surface area contributed by atoms with E-state index in [1.807, 2.05) is 27.7 Å². The second-order valence-corrected chi connectivity index (χ2v) is 15.3. The summed E-state index contributed by atoms with van der Waals surface area (Å²) in [6, 6.07) is 3.29. The van der Waals surface area contributed by atoms with Crippen molar-refractivity contribution in [2.75, 3.05) is 27.4 Å². The maximum Gasteiger partial charge on any atom is 0.309 e. The van der Waals surface area contributed by atoms with Crippen LogP contribution in [-0.4, -0.2) is 116 Å². The second-order valence-electron chi connectivity index (χ2n) is 15.3. The van der Waals surface area contributed by atoms with Crippen LogP contribution in [0.2, 0.25) is 0 Å². The summed E-state index contributed by atoms with van der Waals surface area (Å²) in [5, 5.41) is 55.9. The summed E-state index contributed by atoms with van der Waals surface area (Å²) in [5.41, 5.74) is 0.903. The SMILES string of the molecule is COc1cccc2c1C(=O)c1c(O)c3c(c(O)c1C2=O)C[C@@](O)(C(=O)COC(=O)C1CC(C)(C)N([OH2+])C(C)(C)C1)C[C@@H]3OCC(N)C(O)C(C)OC. The van der Waals surface area contributed by atoms with Crippen molar-refractivity contribution in [3.05, 3.63) is 51.6 Å². The standard InChI is InChI=1S/C37H48N2O13/c1-17(49-6)29(41)21(38)15-51-23-14-37(47,24(40)16-52-34(46)18-11-35(2,3)39(48)36(4,5)12-18)13-20-26(23)33(45)28-27(31(20)43)30(42)19-9-8-10-22(50-7)25(19)32(28)44/h8-10,17-18,21,23,29,41,43,45,47-48H,11-16,38H2,1-7H3/p+1/t17?,21?,23-,29?,37-/m0/s1. The first-order chi connectivity index (χ1) is 24.2. The molecule has 0 saturated carbocycles. The number of fused-ring (bicyclic) bond motifs is 3. The molecule has 2 aromatic carbocycles. The molecule has 8 N–H and O–H groups in total. The third-order valence-corrected chi connectivity index (χ3v) is 10.8. The predicted molar refractivity (Wildman–Crippen MR) is 184 cm³/mol. The van der Waals surface area contributed by atoms with Gasteiger partial charge in [0, 0.05) is 36.6 Å². The Morgan fingerprint density at radius 2 is 1.62 bits per heavy atom. The molecule has 0 amide bonds. The molecule has 0 radical (unpaired) electrons. The van der Waals surface area contributed by atoms with E-state index < -0.39 is 112 Å². The van der Waals surface area contributed by atoms with Gasteiger partial charge in [-0.3, -0.25) is 19.2 Å². The number of nitrogens with two attached hydrogens (primary N) is 1. The summed E-state index contributed by atoms with van der Waals surface area (Å²) in [5.74, 6) is -5.21. The number of rotatable bonds is 11. The number of aromatic hydroxyl groups is 2. The number of hydroxylamine groups is 2. The number of ether oxygens (including phenoxy) is 4. The van der Waals surface area contributed by atoms with E-state index in [0.717, 1.165) is 0 Å². The van der Waals surface area contributed by atoms with Crippen LogP contribution in [0.3, 0.4) is 0 Å². The van der Waals surface area contributed by atoms with E-state index >= 15 is 0 Å². The number of esters is 1. The Kier molecular flexibility index (Phi) is 10.7. The van der Waals surface area contributed by atoms with Crippen molar-refractivity contribution in [1.29, 1.82) is 0 Å². The first-order valence-electron chi connectivity index (χ1n) is 17.1. The number of aliphatic hydroxyl groups is 2. The molecule has 1 saturated heterocycles. The number of carbonyl (C=O) groups excluding carboxylic acids is 4. The summed E-state index contributed by atoms with van der Waals surface area (Å²) < 4.78 is 22.0. The highest BCUT2D eigenvalue weighted by Gasteiger charge is 2.52. The van der Waals surface area contributed by atoms with Gasteiger partial charge < -0.3 is 50.3 Å². The number of phenolic OH excluding ortho intramolecular Hbond substituents is 2. The van der Waals surface area contributed by atoms with Gasteiger partial charge in [-0.15, -0.1) is 0 Å². The summed E-state index contributed by atoms with van der Waals surface area (Å²) in [6.45, 7) is 7.70. The van der Waals surface area contributed by atoms with Crippen molar-refractivity contribution >= 4 is 23.3 Å². The Hall–Kier alpha value is -3.96. The van der Waals surface area contributed by atoms with Crippen molar-refractivity contribution in [2.24, 2.45) is 11.7 Å². The monoisotopic (exact) mass is 729 g/mol. The molecule has 0 spiro atoms. The van der Waals surface area contributed by atoms with Crippen LogP contribution in [0.15, 0.2) is 18.2 Å². The van der Waals surface area contributed by atoms with Crippen LogP contribution in [0.4, 0.5) is 0 Å². The maximum atomic E-state index is 13.9. The van der Waals surface area contributed by atoms with Crippen molar-refractivity contribution < 1.29 is 63.8 Å². The van der Waals surface area contributed by atoms with E-state index in [9.17, 15) is 39.6 Å². The topological polar surface area (TPSA) is 238 Å². The molecule has 1 heterocycles. The number of carbonyl (C=O) groups is 4. The molecule has 15 nitrogen and oxygen atoms in total. The molecule has 3 aliphatic rings. The van der Waals surface area contributed by atoms with Gasteiger partial charge in [-0.25, -0.2) is 0 Å². The minimum Gasteiger partial charge on any atom is -0.507 e. The van der Waals surface area contributed by atoms with Gasteiger partial charge in [0.25, 0.3) is 0 Å². The summed E-state index contributed by atoms with van der Waals surface area (Å²) in [6.07, 6.45) is -3.89. The lowest BCUT2D eigenvalue weighted by Crippen LogP contribution is -2.60. The number of methoxy groups -OCH3 is 2. The molecule has 3 unspecified atom stereocenters. The highest BCUT2D eigenvalue weighted by atomic mass is 16.5. The Morgan fingerprint density at radius 3 is 2.21 bits per heavy atom. The number of aliphatic hydroxyl groups excluding tert-OH is 1. The minimum absolute atomic E-state index is 0.0741. The fourth-order valence-corrected chi connectivity index (χ4v) is 7.92. The Bertz CT molecular complexity index is 1770. The third-order valence-electron chi connectivity index (χ3n) is 10.8. The van der Waals surface area contributed by atoms with Crippen molar-refractivity contribution in [3.8, 4) is 17.2 Å². The first-order valence-corrected chi connectivity index (χ1v) is 17.1. The van der Waals surface area contributed by atoms with E-state index in [-0.39, 0.29) is 34.6 Å². The minimum atomic E-state index is -2.36. The highest BCUT2D eigenvalue weighted by Crippen LogP contribution is 2.52. The van der Waals surface area contributed by atoms with E-state index in [1.54, 1.807) is 6.92 Å². The number of nitrogens with zero attached hydrogens (tertiary/aromatic N) is 1. The fraction of sp³-hybridized carbons (Fsp3) is 0.568. The van der Waals surface area contributed by atoms with Crippen LogP contribution >= 0.6 is 0 Å². The molecule has 52 heavy (non-hydrogen) atoms. The zero-order valence-corrected chi connectivity index (χ0v) is 30.4. The largest absolute Gasteiger partial charge is 0.507 e. The van der Waals surface area contributed by atoms with Crippen LogP contribution in [0.25, 0.3) is 0 Å². The number of hydrogen-bond donors (Lipinski definition) is 5. The number of ketones is 3. The predicted octanol–water partition coefficient (Wildman–Crippen LogP) is 1.36. The molecular formula is C37H49N2O13+. The molecule has 5 rings (SSSR count). The van der Waals surface area contributed by atoms with Crippen molar-refractivity contribution in [2.45, 2.75) is 101 Å². The number of hydrogen-bond acceptors (Lipinski definition) is 14. The number of Topliss-reactive ketones (excluding diaryl/α,β-unsaturated/α-hetero) is 1. The van der Waals surface area contributed by atoms with Gasteiger partial charge in [0.1, 0.15) is 22.8 Å². The lowest BCUT2D eigenvalue weighted by Gasteiger charge is -2.47. The Morgan fingerprint density at radius 1 is 1.00 bits per heavy atom. The van der Waals surface area contributed by atoms with Gasteiger partial charge in [0.2, 0.25) is 11.6 Å². The molecule has 1 fully saturated rings. The average Bonchev–Trinajstić information content (AvgIpc) is 3.10. The molecule has 1 aliphatic heterocycles. The molecule has 0 bridgehead atoms. The third kappa shape index (κ3) is 6.70. The summed E-state index contributed by atoms with van der Waals surface area (Å²) in [7, 11) is 2.70. The summed E-state index contributed by atoms with van der Waals surface area (Å²) >= 11 is 0. The molecule has 15 heteroatoms. The zero-order valence-electron chi connectivity index (χ0n) is 30.4. The lowest BCUT2D eigenvalue weighted by atomic mass is 9.72. The second kappa shape index (κ2) is 14.1. The van der Waals surface area contributed by atoms with E-state index in [1.165, 1.54) is 37.5 Å². The number of piperidine rings is 1. The van der Waals surface area contributed by atoms with Gasteiger partial charge in [-0.05, 0) is 53.5 Å². The Balaban J connectivity index is 1.51. The number of benzene rings is 2. The smallest absolute Gasteiger partial charge is 0.309 e. The van der Waals surface area contributed by atoms with E-state index in [4.69, 9.17) is 29.9 Å². The van der Waals surface area contributed by atoms with E-state index in [2.05, 4.69) is 0 Å². The number of phenols is 2. The van der Waals surface area contributed by atoms with Crippen LogP contribution in [0.1, 0.15) is 103 Å². The normalized spacial score (nSPS) is 24.2.